The van der Waals surface area contributed by atoms with Gasteiger partial charge in [-0.25, -0.2) is 0 Å². The number of benzene rings is 2. The van der Waals surface area contributed by atoms with Gasteiger partial charge in [-0.15, -0.1) is 0 Å². The van der Waals surface area contributed by atoms with Crippen LogP contribution in [-0.2, 0) is 0 Å². The Morgan fingerprint density at radius 2 is 1.63 bits per heavy atom. The van der Waals surface area contributed by atoms with E-state index in [1.165, 1.54) is 0 Å². The lowest BCUT2D eigenvalue weighted by atomic mass is 10.0. The topological polar surface area (TPSA) is 29.5 Å². The maximum atomic E-state index is 10.4. The summed E-state index contributed by atoms with van der Waals surface area (Å²) in [6, 6.07) is 10.4. The molecule has 0 heterocycles. The molecule has 0 spiro atoms. The Bertz CT molecular complexity index is 602. The molecular formula is C14H11BrCl2O2. The number of halogens is 3. The van der Waals surface area contributed by atoms with Crippen LogP contribution in [0.3, 0.4) is 0 Å². The first-order valence-electron chi connectivity index (χ1n) is 5.49. The Kier molecular flexibility index (Phi) is 4.74. The predicted molar refractivity (Wildman–Crippen MR) is 81.2 cm³/mol. The number of aliphatic hydroxyl groups excluding tert-OH is 1. The zero-order valence-electron chi connectivity index (χ0n) is 10.0. The molecule has 0 saturated heterocycles. The standard InChI is InChI=1S/C14H11BrCl2O2/c1-19-9-3-5-11(13(17)7-9)14(18)10-4-2-8(15)6-12(10)16/h2-7,14,18H,1H3. The lowest BCUT2D eigenvalue weighted by molar-refractivity contribution is 0.220. The minimum atomic E-state index is -0.876. The molecular weight excluding hydrogens is 351 g/mol. The minimum absolute atomic E-state index is 0.436. The molecule has 0 fully saturated rings. The van der Waals surface area contributed by atoms with Crippen LogP contribution in [0.2, 0.25) is 10.0 Å². The minimum Gasteiger partial charge on any atom is -0.497 e. The number of hydrogen-bond donors (Lipinski definition) is 1. The average molecular weight is 362 g/mol. The summed E-state index contributed by atoms with van der Waals surface area (Å²) in [6.07, 6.45) is -0.876. The molecule has 0 amide bonds. The molecule has 0 saturated carbocycles. The van der Waals surface area contributed by atoms with E-state index in [-0.39, 0.29) is 0 Å². The molecule has 5 heteroatoms. The van der Waals surface area contributed by atoms with Crippen LogP contribution >= 0.6 is 39.1 Å². The van der Waals surface area contributed by atoms with Crippen LogP contribution in [-0.4, -0.2) is 12.2 Å². The predicted octanol–water partition coefficient (Wildman–Crippen LogP) is 4.85. The van der Waals surface area contributed by atoms with Crippen LogP contribution in [0.15, 0.2) is 40.9 Å². The summed E-state index contributed by atoms with van der Waals surface area (Å²) in [5.41, 5.74) is 1.20. The lowest BCUT2D eigenvalue weighted by Crippen LogP contribution is -2.01. The molecule has 2 aromatic rings. The first-order valence-corrected chi connectivity index (χ1v) is 7.04. The normalized spacial score (nSPS) is 12.3. The number of aliphatic hydroxyl groups is 1. The SMILES string of the molecule is COc1ccc(C(O)c2ccc(Br)cc2Cl)c(Cl)c1. The summed E-state index contributed by atoms with van der Waals surface area (Å²) in [6.45, 7) is 0. The molecule has 0 aliphatic rings. The van der Waals surface area contributed by atoms with Gasteiger partial charge in [0.2, 0.25) is 0 Å². The summed E-state index contributed by atoms with van der Waals surface area (Å²) in [4.78, 5) is 0. The Hall–Kier alpha value is -0.740. The fourth-order valence-electron chi connectivity index (χ4n) is 1.75. The molecule has 1 N–H and O–H groups in total. The average Bonchev–Trinajstić information content (AvgIpc) is 2.37. The van der Waals surface area contributed by atoms with Gasteiger partial charge in [0.25, 0.3) is 0 Å². The van der Waals surface area contributed by atoms with E-state index >= 15 is 0 Å². The van der Waals surface area contributed by atoms with E-state index in [0.29, 0.717) is 26.9 Å². The zero-order chi connectivity index (χ0) is 14.0. The summed E-state index contributed by atoms with van der Waals surface area (Å²) >= 11 is 15.6. The summed E-state index contributed by atoms with van der Waals surface area (Å²) < 4.78 is 5.93. The molecule has 0 aromatic heterocycles. The highest BCUT2D eigenvalue weighted by atomic mass is 79.9. The highest BCUT2D eigenvalue weighted by molar-refractivity contribution is 9.10. The third-order valence-corrected chi connectivity index (χ3v) is 3.91. The van der Waals surface area contributed by atoms with Crippen molar-refractivity contribution in [2.75, 3.05) is 7.11 Å². The van der Waals surface area contributed by atoms with E-state index in [0.717, 1.165) is 4.47 Å². The molecule has 100 valence electrons. The highest BCUT2D eigenvalue weighted by Gasteiger charge is 2.17. The van der Waals surface area contributed by atoms with Gasteiger partial charge in [0.1, 0.15) is 11.9 Å². The molecule has 0 aliphatic heterocycles. The first kappa shape index (κ1) is 14.7. The highest BCUT2D eigenvalue weighted by Crippen LogP contribution is 2.35. The van der Waals surface area contributed by atoms with E-state index in [1.54, 1.807) is 37.4 Å². The molecule has 19 heavy (non-hydrogen) atoms. The first-order chi connectivity index (χ1) is 9.02. The third kappa shape index (κ3) is 3.23. The van der Waals surface area contributed by atoms with Gasteiger partial charge in [-0.05, 0) is 24.3 Å². The second-order valence-corrected chi connectivity index (χ2v) is 5.69. The van der Waals surface area contributed by atoms with Gasteiger partial charge < -0.3 is 9.84 Å². The van der Waals surface area contributed by atoms with Crippen molar-refractivity contribution >= 4 is 39.1 Å². The smallest absolute Gasteiger partial charge is 0.120 e. The van der Waals surface area contributed by atoms with Gasteiger partial charge in [0.15, 0.2) is 0 Å². The van der Waals surface area contributed by atoms with Crippen molar-refractivity contribution < 1.29 is 9.84 Å². The molecule has 0 radical (unpaired) electrons. The monoisotopic (exact) mass is 360 g/mol. The van der Waals surface area contributed by atoms with Crippen molar-refractivity contribution in [3.63, 3.8) is 0 Å². The molecule has 2 nitrogen and oxygen atoms in total. The van der Waals surface area contributed by atoms with E-state index in [4.69, 9.17) is 27.9 Å². The molecule has 1 unspecified atom stereocenters. The third-order valence-electron chi connectivity index (χ3n) is 2.76. The van der Waals surface area contributed by atoms with Gasteiger partial charge in [0, 0.05) is 20.6 Å². The number of hydrogen-bond acceptors (Lipinski definition) is 2. The van der Waals surface area contributed by atoms with Crippen molar-refractivity contribution in [3.05, 3.63) is 62.0 Å². The van der Waals surface area contributed by atoms with Crippen LogP contribution in [0.5, 0.6) is 5.75 Å². The maximum Gasteiger partial charge on any atom is 0.120 e. The van der Waals surface area contributed by atoms with Crippen molar-refractivity contribution in [1.82, 2.24) is 0 Å². The Balaban J connectivity index is 2.41. The van der Waals surface area contributed by atoms with Gasteiger partial charge in [-0.2, -0.15) is 0 Å². The second-order valence-electron chi connectivity index (χ2n) is 3.96. The van der Waals surface area contributed by atoms with Crippen molar-refractivity contribution in [3.8, 4) is 5.75 Å². The second kappa shape index (κ2) is 6.14. The van der Waals surface area contributed by atoms with Gasteiger partial charge in [-0.1, -0.05) is 51.3 Å². The summed E-state index contributed by atoms with van der Waals surface area (Å²) in [5.74, 6) is 0.642. The molecule has 1 atom stereocenters. The number of methoxy groups -OCH3 is 1. The Morgan fingerprint density at radius 3 is 2.16 bits per heavy atom. The van der Waals surface area contributed by atoms with Crippen molar-refractivity contribution in [1.29, 1.82) is 0 Å². The van der Waals surface area contributed by atoms with E-state index in [9.17, 15) is 5.11 Å². The zero-order valence-corrected chi connectivity index (χ0v) is 13.1. The summed E-state index contributed by atoms with van der Waals surface area (Å²) in [7, 11) is 1.56. The fourth-order valence-corrected chi connectivity index (χ4v) is 2.80. The maximum absolute atomic E-state index is 10.4. The Labute approximate surface area is 130 Å². The van der Waals surface area contributed by atoms with E-state index < -0.39 is 6.10 Å². The van der Waals surface area contributed by atoms with Crippen LogP contribution in [0.4, 0.5) is 0 Å². The summed E-state index contributed by atoms with van der Waals surface area (Å²) in [5, 5.41) is 11.3. The van der Waals surface area contributed by atoms with Crippen LogP contribution in [0.25, 0.3) is 0 Å². The number of ether oxygens (including phenoxy) is 1. The number of rotatable bonds is 3. The van der Waals surface area contributed by atoms with E-state index in [1.807, 2.05) is 6.07 Å². The van der Waals surface area contributed by atoms with Gasteiger partial charge in [-0.3, -0.25) is 0 Å². The quantitative estimate of drug-likeness (QED) is 0.846. The van der Waals surface area contributed by atoms with Crippen molar-refractivity contribution in [2.24, 2.45) is 0 Å². The van der Waals surface area contributed by atoms with Gasteiger partial charge in [0.05, 0.1) is 12.1 Å². The largest absolute Gasteiger partial charge is 0.497 e. The molecule has 0 bridgehead atoms. The van der Waals surface area contributed by atoms with Gasteiger partial charge >= 0.3 is 0 Å². The lowest BCUT2D eigenvalue weighted by Gasteiger charge is -2.15. The van der Waals surface area contributed by atoms with Crippen LogP contribution < -0.4 is 4.74 Å². The van der Waals surface area contributed by atoms with Crippen LogP contribution in [0, 0.1) is 0 Å². The molecule has 2 aromatic carbocycles. The molecule has 0 aliphatic carbocycles. The molecule has 2 rings (SSSR count). The van der Waals surface area contributed by atoms with Crippen molar-refractivity contribution in [2.45, 2.75) is 6.10 Å². The Morgan fingerprint density at radius 1 is 1.05 bits per heavy atom. The fraction of sp³-hybridized carbons (Fsp3) is 0.143. The van der Waals surface area contributed by atoms with Crippen LogP contribution in [0.1, 0.15) is 17.2 Å². The van der Waals surface area contributed by atoms with E-state index in [2.05, 4.69) is 15.9 Å².